The Hall–Kier alpha value is -1.09. The molecule has 0 saturated carbocycles. The van der Waals surface area contributed by atoms with E-state index in [0.29, 0.717) is 0 Å². The van der Waals surface area contributed by atoms with E-state index in [0.717, 1.165) is 37.7 Å². The summed E-state index contributed by atoms with van der Waals surface area (Å²) in [5, 5.41) is 3.26. The summed E-state index contributed by atoms with van der Waals surface area (Å²) < 4.78 is 5.63. The molecule has 0 radical (unpaired) electrons. The molecule has 0 aliphatic heterocycles. The van der Waals surface area contributed by atoms with E-state index >= 15 is 0 Å². The molecule has 1 aromatic heterocycles. The van der Waals surface area contributed by atoms with Crippen molar-refractivity contribution in [1.29, 1.82) is 0 Å². The summed E-state index contributed by atoms with van der Waals surface area (Å²) in [5.41, 5.74) is 1.04. The number of hydrogen-bond acceptors (Lipinski definition) is 3. The zero-order valence-corrected chi connectivity index (χ0v) is 11.0. The minimum atomic E-state index is 0.747. The number of nitrogens with one attached hydrogen (secondary N) is 1. The highest BCUT2D eigenvalue weighted by Crippen LogP contribution is 2.09. The van der Waals surface area contributed by atoms with Crippen LogP contribution in [0.4, 0.5) is 0 Å². The van der Waals surface area contributed by atoms with Gasteiger partial charge in [0, 0.05) is 12.6 Å². The van der Waals surface area contributed by atoms with E-state index in [9.17, 15) is 0 Å². The fourth-order valence-electron chi connectivity index (χ4n) is 1.60. The first-order chi connectivity index (χ1) is 8.36. The van der Waals surface area contributed by atoms with Crippen LogP contribution in [0.1, 0.15) is 45.2 Å². The smallest absolute Gasteiger partial charge is 0.213 e. The van der Waals surface area contributed by atoms with E-state index in [1.807, 2.05) is 18.2 Å². The van der Waals surface area contributed by atoms with E-state index in [4.69, 9.17) is 4.74 Å². The van der Waals surface area contributed by atoms with Gasteiger partial charge in [-0.25, -0.2) is 4.98 Å². The Bertz CT molecular complexity index is 302. The number of unbranched alkanes of at least 4 members (excludes halogenated alkanes) is 3. The summed E-state index contributed by atoms with van der Waals surface area (Å²) in [4.78, 5) is 4.44. The fourth-order valence-corrected chi connectivity index (χ4v) is 1.60. The lowest BCUT2D eigenvalue weighted by Crippen LogP contribution is -2.13. The zero-order chi connectivity index (χ0) is 12.3. The Labute approximate surface area is 105 Å². The van der Waals surface area contributed by atoms with Crippen molar-refractivity contribution < 1.29 is 4.74 Å². The molecule has 0 bridgehead atoms. The second-order valence-electron chi connectivity index (χ2n) is 4.16. The largest absolute Gasteiger partial charge is 0.478 e. The normalized spacial score (nSPS) is 10.5. The van der Waals surface area contributed by atoms with E-state index in [-0.39, 0.29) is 0 Å². The standard InChI is InChI=1S/C14H24N2O/c1-3-5-6-7-11-17-14-10-8-9-13(16-14)12-15-4-2/h8-10,15H,3-7,11-12H2,1-2H3. The number of aromatic nitrogens is 1. The molecule has 17 heavy (non-hydrogen) atoms. The average Bonchev–Trinajstić information content (AvgIpc) is 2.37. The summed E-state index contributed by atoms with van der Waals surface area (Å²) in [6.45, 7) is 6.85. The molecule has 0 aromatic carbocycles. The van der Waals surface area contributed by atoms with Gasteiger partial charge in [0.05, 0.1) is 12.3 Å². The molecule has 1 heterocycles. The highest BCUT2D eigenvalue weighted by Gasteiger charge is 1.98. The molecule has 1 N–H and O–H groups in total. The van der Waals surface area contributed by atoms with Crippen LogP contribution in [-0.4, -0.2) is 18.1 Å². The van der Waals surface area contributed by atoms with Gasteiger partial charge in [-0.3, -0.25) is 0 Å². The van der Waals surface area contributed by atoms with Crippen LogP contribution >= 0.6 is 0 Å². The van der Waals surface area contributed by atoms with Crippen molar-refractivity contribution in [3.63, 3.8) is 0 Å². The second-order valence-corrected chi connectivity index (χ2v) is 4.16. The lowest BCUT2D eigenvalue weighted by Gasteiger charge is -2.07. The van der Waals surface area contributed by atoms with Gasteiger partial charge >= 0.3 is 0 Å². The number of rotatable bonds is 9. The molecule has 0 fully saturated rings. The first-order valence-electron chi connectivity index (χ1n) is 6.66. The topological polar surface area (TPSA) is 34.1 Å². The number of nitrogens with zero attached hydrogens (tertiary/aromatic N) is 1. The number of hydrogen-bond donors (Lipinski definition) is 1. The van der Waals surface area contributed by atoms with Crippen LogP contribution in [-0.2, 0) is 6.54 Å². The van der Waals surface area contributed by atoms with E-state index in [2.05, 4.69) is 24.1 Å². The molecule has 0 amide bonds. The molecular weight excluding hydrogens is 212 g/mol. The summed E-state index contributed by atoms with van der Waals surface area (Å²) in [7, 11) is 0. The Morgan fingerprint density at radius 3 is 2.82 bits per heavy atom. The van der Waals surface area contributed by atoms with Crippen molar-refractivity contribution in [3.05, 3.63) is 23.9 Å². The van der Waals surface area contributed by atoms with Crippen LogP contribution in [0.2, 0.25) is 0 Å². The molecule has 3 heteroatoms. The summed E-state index contributed by atoms with van der Waals surface area (Å²) in [6, 6.07) is 5.95. The van der Waals surface area contributed by atoms with E-state index in [1.54, 1.807) is 0 Å². The van der Waals surface area contributed by atoms with Gasteiger partial charge in [0.2, 0.25) is 5.88 Å². The monoisotopic (exact) mass is 236 g/mol. The summed E-state index contributed by atoms with van der Waals surface area (Å²) in [5.74, 6) is 0.747. The maximum Gasteiger partial charge on any atom is 0.213 e. The van der Waals surface area contributed by atoms with Gasteiger partial charge in [0.15, 0.2) is 0 Å². The Balaban J connectivity index is 2.27. The van der Waals surface area contributed by atoms with Gasteiger partial charge in [-0.2, -0.15) is 0 Å². The van der Waals surface area contributed by atoms with Crippen molar-refractivity contribution in [2.45, 2.75) is 46.1 Å². The molecule has 0 aliphatic carbocycles. The van der Waals surface area contributed by atoms with Crippen molar-refractivity contribution in [3.8, 4) is 5.88 Å². The molecule has 0 saturated heterocycles. The van der Waals surface area contributed by atoms with Crippen LogP contribution in [0.3, 0.4) is 0 Å². The summed E-state index contributed by atoms with van der Waals surface area (Å²) >= 11 is 0. The maximum atomic E-state index is 5.63. The molecule has 96 valence electrons. The number of ether oxygens (including phenoxy) is 1. The van der Waals surface area contributed by atoms with Crippen LogP contribution in [0.15, 0.2) is 18.2 Å². The van der Waals surface area contributed by atoms with Crippen LogP contribution in [0, 0.1) is 0 Å². The Morgan fingerprint density at radius 2 is 2.06 bits per heavy atom. The second kappa shape index (κ2) is 8.99. The van der Waals surface area contributed by atoms with Crippen molar-refractivity contribution in [1.82, 2.24) is 10.3 Å². The molecule has 3 nitrogen and oxygen atoms in total. The fraction of sp³-hybridized carbons (Fsp3) is 0.643. The number of pyridine rings is 1. The zero-order valence-electron chi connectivity index (χ0n) is 11.0. The van der Waals surface area contributed by atoms with Crippen molar-refractivity contribution in [2.75, 3.05) is 13.2 Å². The van der Waals surface area contributed by atoms with Gasteiger partial charge in [0.25, 0.3) is 0 Å². The molecule has 0 atom stereocenters. The van der Waals surface area contributed by atoms with Gasteiger partial charge in [-0.15, -0.1) is 0 Å². The van der Waals surface area contributed by atoms with Gasteiger partial charge in [-0.1, -0.05) is 39.2 Å². The van der Waals surface area contributed by atoms with Crippen LogP contribution < -0.4 is 10.1 Å². The quantitative estimate of drug-likeness (QED) is 0.669. The van der Waals surface area contributed by atoms with E-state index < -0.39 is 0 Å². The SMILES string of the molecule is CCCCCCOc1cccc(CNCC)n1. The van der Waals surface area contributed by atoms with Crippen LogP contribution in [0.25, 0.3) is 0 Å². The summed E-state index contributed by atoms with van der Waals surface area (Å²) in [6.07, 6.45) is 4.91. The highest BCUT2D eigenvalue weighted by atomic mass is 16.5. The van der Waals surface area contributed by atoms with Crippen LogP contribution in [0.5, 0.6) is 5.88 Å². The molecule has 0 spiro atoms. The lowest BCUT2D eigenvalue weighted by atomic mass is 10.2. The predicted octanol–water partition coefficient (Wildman–Crippen LogP) is 3.15. The van der Waals surface area contributed by atoms with Crippen molar-refractivity contribution in [2.24, 2.45) is 0 Å². The maximum absolute atomic E-state index is 5.63. The molecule has 0 aliphatic rings. The first kappa shape index (κ1) is 14.0. The third-order valence-corrected chi connectivity index (χ3v) is 2.59. The minimum Gasteiger partial charge on any atom is -0.478 e. The Morgan fingerprint density at radius 1 is 1.18 bits per heavy atom. The van der Waals surface area contributed by atoms with Gasteiger partial charge in [-0.05, 0) is 19.0 Å². The third kappa shape index (κ3) is 6.27. The molecule has 1 aromatic rings. The third-order valence-electron chi connectivity index (χ3n) is 2.59. The highest BCUT2D eigenvalue weighted by molar-refractivity contribution is 5.15. The van der Waals surface area contributed by atoms with Gasteiger partial charge in [0.1, 0.15) is 0 Å². The van der Waals surface area contributed by atoms with Crippen molar-refractivity contribution >= 4 is 0 Å². The van der Waals surface area contributed by atoms with E-state index in [1.165, 1.54) is 19.3 Å². The first-order valence-corrected chi connectivity index (χ1v) is 6.66. The Kier molecular flexibility index (Phi) is 7.39. The molecule has 0 unspecified atom stereocenters. The minimum absolute atomic E-state index is 0.747. The molecular formula is C14H24N2O. The lowest BCUT2D eigenvalue weighted by molar-refractivity contribution is 0.293. The molecule has 1 rings (SSSR count). The average molecular weight is 236 g/mol. The predicted molar refractivity (Wildman–Crippen MR) is 71.3 cm³/mol. The van der Waals surface area contributed by atoms with Gasteiger partial charge < -0.3 is 10.1 Å².